The van der Waals surface area contributed by atoms with Crippen molar-refractivity contribution >= 4 is 5.78 Å². The van der Waals surface area contributed by atoms with E-state index in [-0.39, 0.29) is 23.0 Å². The monoisotopic (exact) mass is 583 g/mol. The molecule has 5 fully saturated rings. The quantitative estimate of drug-likeness (QED) is 0.253. The second kappa shape index (κ2) is 10.6. The Bertz CT molecular complexity index is 1420. The van der Waals surface area contributed by atoms with Gasteiger partial charge in [0.25, 0.3) is 0 Å². The van der Waals surface area contributed by atoms with E-state index in [1.54, 1.807) is 24.3 Å². The van der Waals surface area contributed by atoms with E-state index in [9.17, 15) is 15.0 Å². The third-order valence-electron chi connectivity index (χ3n) is 12.8. The minimum absolute atomic E-state index is 0.00609. The number of allylic oxidation sites excluding steroid dienone is 1. The number of carbonyl (C=O) groups is 1. The van der Waals surface area contributed by atoms with Crippen molar-refractivity contribution in [2.45, 2.75) is 108 Å². The number of Topliss-reactive ketones (excluding diaryl/α,β-unsaturated/α-hetero) is 1. The molecule has 6 aliphatic rings. The average molecular weight is 584 g/mol. The lowest BCUT2D eigenvalue weighted by molar-refractivity contribution is -0.208. The molecular formula is C37H45NO5. The van der Waals surface area contributed by atoms with Crippen molar-refractivity contribution in [3.05, 3.63) is 46.5 Å². The second-order valence-corrected chi connectivity index (χ2v) is 14.7. The predicted octanol–water partition coefficient (Wildman–Crippen LogP) is 6.10. The van der Waals surface area contributed by atoms with Crippen molar-refractivity contribution in [1.82, 2.24) is 0 Å². The SMILES string of the molecule is CC#C[C@]1(O)CCC2C3CC[C@@]4(O)CC5(CCC4=C3[C@@H](C3CCC(C(=O)c4ccc(C#N)cc4)CC3)C[C@@]21C)OCCO5. The molecule has 6 atom stereocenters. The van der Waals surface area contributed by atoms with E-state index < -0.39 is 17.0 Å². The second-order valence-electron chi connectivity index (χ2n) is 14.7. The molecule has 6 nitrogen and oxygen atoms in total. The Kier molecular flexibility index (Phi) is 7.18. The Morgan fingerprint density at radius 1 is 0.953 bits per heavy atom. The smallest absolute Gasteiger partial charge is 0.171 e. The Hall–Kier alpha value is -2.48. The molecule has 0 amide bonds. The molecule has 1 spiro atoms. The van der Waals surface area contributed by atoms with Crippen molar-refractivity contribution in [3.63, 3.8) is 0 Å². The van der Waals surface area contributed by atoms with Gasteiger partial charge in [0.15, 0.2) is 11.6 Å². The lowest BCUT2D eigenvalue weighted by Gasteiger charge is -2.58. The fourth-order valence-electron chi connectivity index (χ4n) is 10.6. The predicted molar refractivity (Wildman–Crippen MR) is 161 cm³/mol. The van der Waals surface area contributed by atoms with Crippen LogP contribution >= 0.6 is 0 Å². The molecule has 228 valence electrons. The van der Waals surface area contributed by atoms with Crippen LogP contribution < -0.4 is 0 Å². The number of ether oxygens (including phenoxy) is 2. The van der Waals surface area contributed by atoms with Crippen LogP contribution in [0.1, 0.15) is 107 Å². The van der Waals surface area contributed by atoms with Crippen LogP contribution in [0.3, 0.4) is 0 Å². The number of hydrogen-bond donors (Lipinski definition) is 2. The maximum atomic E-state index is 13.4. The van der Waals surface area contributed by atoms with Crippen LogP contribution in [0.2, 0.25) is 0 Å². The van der Waals surface area contributed by atoms with E-state index in [2.05, 4.69) is 24.8 Å². The molecule has 1 saturated heterocycles. The number of aliphatic hydroxyl groups is 2. The van der Waals surface area contributed by atoms with E-state index in [4.69, 9.17) is 14.7 Å². The molecule has 6 heteroatoms. The number of carbonyl (C=O) groups excluding carboxylic acids is 1. The van der Waals surface area contributed by atoms with Crippen molar-refractivity contribution in [2.24, 2.45) is 35.0 Å². The molecule has 5 aliphatic carbocycles. The van der Waals surface area contributed by atoms with E-state index in [1.807, 2.05) is 6.92 Å². The van der Waals surface area contributed by atoms with Crippen molar-refractivity contribution in [1.29, 1.82) is 5.26 Å². The summed E-state index contributed by atoms with van der Waals surface area (Å²) < 4.78 is 12.2. The summed E-state index contributed by atoms with van der Waals surface area (Å²) in [7, 11) is 0. The van der Waals surface area contributed by atoms with Gasteiger partial charge in [-0.25, -0.2) is 0 Å². The highest BCUT2D eigenvalue weighted by molar-refractivity contribution is 5.98. The highest BCUT2D eigenvalue weighted by Crippen LogP contribution is 2.67. The molecule has 0 radical (unpaired) electrons. The van der Waals surface area contributed by atoms with Gasteiger partial charge in [0.1, 0.15) is 5.60 Å². The minimum Gasteiger partial charge on any atom is -0.385 e. The summed E-state index contributed by atoms with van der Waals surface area (Å²) in [6.45, 7) is 5.31. The van der Waals surface area contributed by atoms with Crippen LogP contribution in [0.4, 0.5) is 0 Å². The van der Waals surface area contributed by atoms with Crippen molar-refractivity contribution in [2.75, 3.05) is 13.2 Å². The van der Waals surface area contributed by atoms with Crippen LogP contribution in [0.5, 0.6) is 0 Å². The number of benzene rings is 1. The average Bonchev–Trinajstić information content (AvgIpc) is 3.57. The lowest BCUT2D eigenvalue weighted by atomic mass is 9.48. The number of hydrogen-bond acceptors (Lipinski definition) is 6. The molecule has 1 heterocycles. The molecule has 7 rings (SSSR count). The zero-order valence-corrected chi connectivity index (χ0v) is 25.7. The fraction of sp³-hybridized carbons (Fsp3) is 0.676. The van der Waals surface area contributed by atoms with Gasteiger partial charge in [0.2, 0.25) is 0 Å². The molecular weight excluding hydrogens is 538 g/mol. The molecule has 1 aromatic rings. The summed E-state index contributed by atoms with van der Waals surface area (Å²) in [5, 5.41) is 33.4. The maximum Gasteiger partial charge on any atom is 0.171 e. The molecule has 1 aromatic carbocycles. The highest BCUT2D eigenvalue weighted by atomic mass is 16.7. The summed E-state index contributed by atoms with van der Waals surface area (Å²) in [5.41, 5.74) is 1.81. The molecule has 0 bridgehead atoms. The third-order valence-corrected chi connectivity index (χ3v) is 12.8. The Balaban J connectivity index is 1.20. The van der Waals surface area contributed by atoms with Crippen LogP contribution in [0, 0.1) is 58.2 Å². The normalized spacial score (nSPS) is 41.4. The Morgan fingerprint density at radius 3 is 2.35 bits per heavy atom. The van der Waals surface area contributed by atoms with E-state index in [1.165, 1.54) is 11.1 Å². The summed E-state index contributed by atoms with van der Waals surface area (Å²) in [4.78, 5) is 13.4. The molecule has 1 aliphatic heterocycles. The first-order chi connectivity index (χ1) is 20.6. The maximum absolute atomic E-state index is 13.4. The topological polar surface area (TPSA) is 99.8 Å². The molecule has 2 N–H and O–H groups in total. The Labute approximate surface area is 255 Å². The zero-order chi connectivity index (χ0) is 30.0. The lowest BCUT2D eigenvalue weighted by Crippen LogP contribution is -2.56. The Morgan fingerprint density at radius 2 is 1.67 bits per heavy atom. The summed E-state index contributed by atoms with van der Waals surface area (Å²) >= 11 is 0. The first-order valence-corrected chi connectivity index (χ1v) is 16.6. The van der Waals surface area contributed by atoms with Gasteiger partial charge in [0, 0.05) is 29.7 Å². The minimum atomic E-state index is -0.987. The first kappa shape index (κ1) is 29.2. The van der Waals surface area contributed by atoms with E-state index in [0.717, 1.165) is 57.8 Å². The summed E-state index contributed by atoms with van der Waals surface area (Å²) in [6, 6.07) is 9.17. The van der Waals surface area contributed by atoms with Gasteiger partial charge in [-0.05, 0) is 113 Å². The molecule has 0 aromatic heterocycles. The van der Waals surface area contributed by atoms with E-state index in [0.29, 0.717) is 61.4 Å². The number of nitriles is 1. The summed E-state index contributed by atoms with van der Waals surface area (Å²) in [6.07, 6.45) is 9.92. The van der Waals surface area contributed by atoms with Crippen LogP contribution in [-0.2, 0) is 9.47 Å². The van der Waals surface area contributed by atoms with Crippen molar-refractivity contribution < 1.29 is 24.5 Å². The van der Waals surface area contributed by atoms with Gasteiger partial charge in [-0.2, -0.15) is 5.26 Å². The fourth-order valence-corrected chi connectivity index (χ4v) is 10.6. The number of nitrogens with zero attached hydrogens (tertiary/aromatic N) is 1. The zero-order valence-electron chi connectivity index (χ0n) is 25.7. The molecule has 2 unspecified atom stereocenters. The van der Waals surface area contributed by atoms with E-state index >= 15 is 0 Å². The largest absolute Gasteiger partial charge is 0.385 e. The third kappa shape index (κ3) is 4.55. The summed E-state index contributed by atoms with van der Waals surface area (Å²) in [5.74, 6) is 7.23. The number of fused-ring (bicyclic) bond motifs is 4. The van der Waals surface area contributed by atoms with Crippen LogP contribution in [-0.4, -0.2) is 46.2 Å². The molecule has 4 saturated carbocycles. The van der Waals surface area contributed by atoms with Gasteiger partial charge >= 0.3 is 0 Å². The van der Waals surface area contributed by atoms with Gasteiger partial charge in [-0.15, -0.1) is 5.92 Å². The van der Waals surface area contributed by atoms with Crippen molar-refractivity contribution in [3.8, 4) is 17.9 Å². The van der Waals surface area contributed by atoms with Gasteiger partial charge in [0.05, 0.1) is 30.4 Å². The highest BCUT2D eigenvalue weighted by Gasteiger charge is 2.65. The first-order valence-electron chi connectivity index (χ1n) is 16.6. The van der Waals surface area contributed by atoms with Gasteiger partial charge in [-0.1, -0.05) is 30.6 Å². The van der Waals surface area contributed by atoms with Gasteiger partial charge in [-0.3, -0.25) is 4.79 Å². The standard InChI is InChI=1S/C37H45NO5/c1-3-15-36(41)17-13-30-28-12-16-35(40)23-37(42-19-20-43-37)18-14-31(35)32(28)29(21-34(30,36)2)25-8-10-27(11-9-25)33(39)26-6-4-24(22-38)5-7-26/h4-7,25,27-30,40-41H,8-14,16-21,23H2,1-2H3/t25?,27?,28?,29-,30?,34+,35-,36+/m1/s1. The number of rotatable bonds is 3. The van der Waals surface area contributed by atoms with Crippen LogP contribution in [0.25, 0.3) is 0 Å². The number of ketones is 1. The van der Waals surface area contributed by atoms with Crippen LogP contribution in [0.15, 0.2) is 35.4 Å². The molecule has 43 heavy (non-hydrogen) atoms. The van der Waals surface area contributed by atoms with Gasteiger partial charge < -0.3 is 19.7 Å².